The van der Waals surface area contributed by atoms with Crippen LogP contribution in [0.3, 0.4) is 0 Å². The molecule has 0 radical (unpaired) electrons. The molecule has 0 aliphatic rings. The van der Waals surface area contributed by atoms with Crippen LogP contribution in [0.25, 0.3) is 16.9 Å². The van der Waals surface area contributed by atoms with Crippen LogP contribution < -0.4 is 0 Å². The summed E-state index contributed by atoms with van der Waals surface area (Å²) in [6, 6.07) is 19.7. The molecule has 3 aromatic rings. The lowest BCUT2D eigenvalue weighted by Gasteiger charge is -2.24. The van der Waals surface area contributed by atoms with Crippen LogP contribution in [-0.4, -0.2) is 47.4 Å². The van der Waals surface area contributed by atoms with Gasteiger partial charge >= 0.3 is 0 Å². The van der Waals surface area contributed by atoms with Crippen molar-refractivity contribution in [3.63, 3.8) is 0 Å². The molecule has 2 aromatic carbocycles. The number of para-hydroxylation sites is 1. The van der Waals surface area contributed by atoms with E-state index in [4.69, 9.17) is 5.10 Å². The molecule has 1 aromatic heterocycles. The number of rotatable bonds is 9. The molecule has 0 aliphatic carbocycles. The maximum absolute atomic E-state index is 12.9. The van der Waals surface area contributed by atoms with Gasteiger partial charge in [-0.1, -0.05) is 61.9 Å². The van der Waals surface area contributed by atoms with Crippen molar-refractivity contribution >= 4 is 10.2 Å². The van der Waals surface area contributed by atoms with E-state index in [-0.39, 0.29) is 6.54 Å². The monoisotopic (exact) mass is 412 g/mol. The van der Waals surface area contributed by atoms with E-state index in [1.54, 1.807) is 18.8 Å². The highest BCUT2D eigenvalue weighted by molar-refractivity contribution is 7.86. The zero-order valence-electron chi connectivity index (χ0n) is 17.2. The summed E-state index contributed by atoms with van der Waals surface area (Å²) in [4.78, 5) is 0. The third-order valence-electron chi connectivity index (χ3n) is 4.87. The van der Waals surface area contributed by atoms with Gasteiger partial charge in [0.2, 0.25) is 0 Å². The maximum Gasteiger partial charge on any atom is 0.281 e. The smallest absolute Gasteiger partial charge is 0.240 e. The van der Waals surface area contributed by atoms with Crippen LogP contribution in [-0.2, 0) is 16.8 Å². The molecule has 0 spiro atoms. The summed E-state index contributed by atoms with van der Waals surface area (Å²) in [5, 5.41) is 4.76. The lowest BCUT2D eigenvalue weighted by Crippen LogP contribution is -2.39. The molecule has 0 N–H and O–H groups in total. The van der Waals surface area contributed by atoms with E-state index in [0.29, 0.717) is 6.54 Å². The average Bonchev–Trinajstić information content (AvgIpc) is 3.17. The minimum Gasteiger partial charge on any atom is -0.240 e. The lowest BCUT2D eigenvalue weighted by atomic mass is 10.1. The van der Waals surface area contributed by atoms with Gasteiger partial charge in [0.1, 0.15) is 0 Å². The summed E-state index contributed by atoms with van der Waals surface area (Å²) in [7, 11) is -0.285. The molecular weight excluding hydrogens is 384 g/mol. The van der Waals surface area contributed by atoms with Gasteiger partial charge in [-0.05, 0) is 18.6 Å². The minimum atomic E-state index is -3.53. The SMILES string of the molecule is CCCCN(C)S(=O)(=O)N(C)Cc1cn(-c2ccccc2)nc1-c1ccccc1. The van der Waals surface area contributed by atoms with E-state index in [9.17, 15) is 8.42 Å². The maximum atomic E-state index is 12.9. The Morgan fingerprint density at radius 3 is 2.17 bits per heavy atom. The third-order valence-corrected chi connectivity index (χ3v) is 6.75. The predicted molar refractivity (Wildman–Crippen MR) is 117 cm³/mol. The van der Waals surface area contributed by atoms with Gasteiger partial charge in [0, 0.05) is 44.5 Å². The molecule has 1 heterocycles. The van der Waals surface area contributed by atoms with Crippen LogP contribution in [0.5, 0.6) is 0 Å². The van der Waals surface area contributed by atoms with E-state index >= 15 is 0 Å². The molecule has 154 valence electrons. The lowest BCUT2D eigenvalue weighted by molar-refractivity contribution is 0.385. The topological polar surface area (TPSA) is 58.4 Å². The first kappa shape index (κ1) is 21.2. The highest BCUT2D eigenvalue weighted by Gasteiger charge is 2.25. The largest absolute Gasteiger partial charge is 0.281 e. The Balaban J connectivity index is 1.94. The normalized spacial score (nSPS) is 12.0. The second kappa shape index (κ2) is 9.35. The summed E-state index contributed by atoms with van der Waals surface area (Å²) in [5.74, 6) is 0. The summed E-state index contributed by atoms with van der Waals surface area (Å²) in [5.41, 5.74) is 3.53. The number of hydrogen-bond donors (Lipinski definition) is 0. The van der Waals surface area contributed by atoms with Crippen molar-refractivity contribution in [3.8, 4) is 16.9 Å². The van der Waals surface area contributed by atoms with Gasteiger partial charge < -0.3 is 0 Å². The van der Waals surface area contributed by atoms with Crippen molar-refractivity contribution in [2.75, 3.05) is 20.6 Å². The van der Waals surface area contributed by atoms with Crippen LogP contribution in [0.1, 0.15) is 25.3 Å². The Morgan fingerprint density at radius 1 is 0.931 bits per heavy atom. The first-order valence-corrected chi connectivity index (χ1v) is 11.2. The quantitative estimate of drug-likeness (QED) is 0.535. The molecule has 0 unspecified atom stereocenters. The molecule has 7 heteroatoms. The Hall–Kier alpha value is -2.48. The number of benzene rings is 2. The summed E-state index contributed by atoms with van der Waals surface area (Å²) >= 11 is 0. The zero-order valence-corrected chi connectivity index (χ0v) is 18.0. The molecule has 0 amide bonds. The third kappa shape index (κ3) is 4.93. The van der Waals surface area contributed by atoms with E-state index < -0.39 is 10.2 Å². The van der Waals surface area contributed by atoms with Crippen LogP contribution >= 0.6 is 0 Å². The molecule has 0 saturated heterocycles. The highest BCUT2D eigenvalue weighted by Crippen LogP contribution is 2.25. The summed E-state index contributed by atoms with van der Waals surface area (Å²) < 4.78 is 30.4. The second-order valence-corrected chi connectivity index (χ2v) is 9.23. The fourth-order valence-corrected chi connectivity index (χ4v) is 4.27. The van der Waals surface area contributed by atoms with Gasteiger partial charge in [-0.2, -0.15) is 22.1 Å². The number of nitrogens with zero attached hydrogens (tertiary/aromatic N) is 4. The van der Waals surface area contributed by atoms with Crippen molar-refractivity contribution in [1.29, 1.82) is 0 Å². The van der Waals surface area contributed by atoms with Gasteiger partial charge in [-0.15, -0.1) is 0 Å². The van der Waals surface area contributed by atoms with Crippen LogP contribution in [0, 0.1) is 0 Å². The number of aromatic nitrogens is 2. The number of unbranched alkanes of at least 4 members (excludes halogenated alkanes) is 1. The fraction of sp³-hybridized carbons (Fsp3) is 0.318. The van der Waals surface area contributed by atoms with Crippen LogP contribution in [0.2, 0.25) is 0 Å². The standard InChI is InChI=1S/C22H28N4O2S/c1-4-5-16-24(2)29(27,28)25(3)17-20-18-26(21-14-10-7-11-15-21)23-22(20)19-12-8-6-9-13-19/h6-15,18H,4-5,16-17H2,1-3H3. The zero-order chi connectivity index (χ0) is 20.9. The van der Waals surface area contributed by atoms with E-state index in [2.05, 4.69) is 0 Å². The van der Waals surface area contributed by atoms with Gasteiger partial charge in [0.25, 0.3) is 10.2 Å². The molecule has 3 rings (SSSR count). The first-order chi connectivity index (χ1) is 13.9. The van der Waals surface area contributed by atoms with Crippen molar-refractivity contribution < 1.29 is 8.42 Å². The molecule has 0 saturated carbocycles. The van der Waals surface area contributed by atoms with Crippen molar-refractivity contribution in [1.82, 2.24) is 18.4 Å². The number of hydrogen-bond acceptors (Lipinski definition) is 3. The first-order valence-electron chi connectivity index (χ1n) is 9.80. The molecule has 6 nitrogen and oxygen atoms in total. The predicted octanol–water partition coefficient (Wildman–Crippen LogP) is 3.95. The molecule has 0 aliphatic heterocycles. The Bertz CT molecular complexity index is 1020. The van der Waals surface area contributed by atoms with Gasteiger partial charge in [0.05, 0.1) is 11.4 Å². The van der Waals surface area contributed by atoms with E-state index in [0.717, 1.165) is 35.3 Å². The van der Waals surface area contributed by atoms with Crippen LogP contribution in [0.15, 0.2) is 66.9 Å². The Labute approximate surface area is 173 Å². The van der Waals surface area contributed by atoms with E-state index in [1.165, 1.54) is 8.61 Å². The summed E-state index contributed by atoms with van der Waals surface area (Å²) in [6.07, 6.45) is 3.70. The fourth-order valence-electron chi connectivity index (χ4n) is 3.13. The molecule has 0 fully saturated rings. The van der Waals surface area contributed by atoms with Crippen LogP contribution in [0.4, 0.5) is 0 Å². The molecule has 0 bridgehead atoms. The Morgan fingerprint density at radius 2 is 1.55 bits per heavy atom. The summed E-state index contributed by atoms with van der Waals surface area (Å²) in [6.45, 7) is 2.81. The minimum absolute atomic E-state index is 0.246. The van der Waals surface area contributed by atoms with Gasteiger partial charge in [0.15, 0.2) is 0 Å². The Kier molecular flexibility index (Phi) is 6.84. The van der Waals surface area contributed by atoms with Crippen molar-refractivity contribution in [2.24, 2.45) is 0 Å². The van der Waals surface area contributed by atoms with Gasteiger partial charge in [-0.25, -0.2) is 4.68 Å². The van der Waals surface area contributed by atoms with Gasteiger partial charge in [-0.3, -0.25) is 0 Å². The molecule has 0 atom stereocenters. The highest BCUT2D eigenvalue weighted by atomic mass is 32.2. The van der Waals surface area contributed by atoms with Crippen molar-refractivity contribution in [3.05, 3.63) is 72.4 Å². The molecular formula is C22H28N4O2S. The molecule has 29 heavy (non-hydrogen) atoms. The average molecular weight is 413 g/mol. The van der Waals surface area contributed by atoms with E-state index in [1.807, 2.05) is 73.8 Å². The van der Waals surface area contributed by atoms with Crippen molar-refractivity contribution in [2.45, 2.75) is 26.3 Å². The second-order valence-electron chi connectivity index (χ2n) is 7.09.